The van der Waals surface area contributed by atoms with E-state index in [9.17, 15) is 4.79 Å². The summed E-state index contributed by atoms with van der Waals surface area (Å²) in [5, 5.41) is 3.00. The smallest absolute Gasteiger partial charge is 0.238 e. The van der Waals surface area contributed by atoms with Crippen molar-refractivity contribution >= 4 is 11.6 Å². The molecular weight excluding hydrogens is 272 g/mol. The highest BCUT2D eigenvalue weighted by molar-refractivity contribution is 5.92. The Morgan fingerprint density at radius 3 is 2.77 bits per heavy atom. The van der Waals surface area contributed by atoms with Crippen molar-refractivity contribution < 1.29 is 4.79 Å². The maximum atomic E-state index is 12.3. The fraction of sp³-hybridized carbons (Fsp3) is 0.316. The van der Waals surface area contributed by atoms with Gasteiger partial charge in [0.15, 0.2) is 0 Å². The molecule has 1 heterocycles. The normalized spacial score (nSPS) is 18.3. The largest absolute Gasteiger partial charge is 0.325 e. The van der Waals surface area contributed by atoms with Crippen molar-refractivity contribution in [2.24, 2.45) is 0 Å². The predicted molar refractivity (Wildman–Crippen MR) is 89.8 cm³/mol. The van der Waals surface area contributed by atoms with E-state index < -0.39 is 0 Å². The van der Waals surface area contributed by atoms with Crippen LogP contribution in [0.1, 0.15) is 30.0 Å². The highest BCUT2D eigenvalue weighted by Crippen LogP contribution is 2.31. The van der Waals surface area contributed by atoms with Gasteiger partial charge in [0.25, 0.3) is 0 Å². The number of nitrogens with one attached hydrogen (secondary N) is 1. The van der Waals surface area contributed by atoms with Gasteiger partial charge in [-0.3, -0.25) is 9.69 Å². The van der Waals surface area contributed by atoms with Crippen molar-refractivity contribution in [3.05, 3.63) is 65.7 Å². The van der Waals surface area contributed by atoms with E-state index in [0.717, 1.165) is 30.6 Å². The van der Waals surface area contributed by atoms with Gasteiger partial charge in [-0.25, -0.2) is 0 Å². The van der Waals surface area contributed by atoms with E-state index >= 15 is 0 Å². The maximum Gasteiger partial charge on any atom is 0.238 e. The van der Waals surface area contributed by atoms with E-state index in [2.05, 4.69) is 34.5 Å². The minimum atomic E-state index is 0.0634. The average Bonchev–Trinajstić information content (AvgIpc) is 2.96. The lowest BCUT2D eigenvalue weighted by atomic mass is 10.0. The van der Waals surface area contributed by atoms with Crippen LogP contribution in [0.2, 0.25) is 0 Å². The summed E-state index contributed by atoms with van der Waals surface area (Å²) in [6, 6.07) is 18.8. The number of carbonyl (C=O) groups is 1. The van der Waals surface area contributed by atoms with Gasteiger partial charge in [-0.1, -0.05) is 42.5 Å². The molecule has 1 N–H and O–H groups in total. The van der Waals surface area contributed by atoms with Crippen LogP contribution >= 0.6 is 0 Å². The Morgan fingerprint density at radius 1 is 1.18 bits per heavy atom. The van der Waals surface area contributed by atoms with Crippen molar-refractivity contribution in [2.75, 3.05) is 18.4 Å². The third-order valence-corrected chi connectivity index (χ3v) is 4.20. The molecule has 0 radical (unpaired) electrons. The number of hydrogen-bond donors (Lipinski definition) is 1. The van der Waals surface area contributed by atoms with Gasteiger partial charge in [0.1, 0.15) is 0 Å². The Balaban J connectivity index is 1.63. The minimum Gasteiger partial charge on any atom is -0.325 e. The molecule has 1 aliphatic rings. The average molecular weight is 294 g/mol. The molecule has 0 saturated carbocycles. The van der Waals surface area contributed by atoms with Gasteiger partial charge in [0, 0.05) is 11.7 Å². The third kappa shape index (κ3) is 3.55. The molecule has 2 aromatic carbocycles. The van der Waals surface area contributed by atoms with Crippen LogP contribution in [0.25, 0.3) is 0 Å². The summed E-state index contributed by atoms with van der Waals surface area (Å²) >= 11 is 0. The minimum absolute atomic E-state index is 0.0634. The quantitative estimate of drug-likeness (QED) is 0.931. The number of benzene rings is 2. The zero-order valence-corrected chi connectivity index (χ0v) is 13.0. The molecule has 1 atom stereocenters. The number of aryl methyl sites for hydroxylation is 1. The summed E-state index contributed by atoms with van der Waals surface area (Å²) in [7, 11) is 0. The SMILES string of the molecule is Cc1cccc(NC(=O)CN2CCCC2c2ccccc2)c1. The first-order valence-corrected chi connectivity index (χ1v) is 7.88. The van der Waals surface area contributed by atoms with E-state index in [4.69, 9.17) is 0 Å². The number of hydrogen-bond acceptors (Lipinski definition) is 2. The summed E-state index contributed by atoms with van der Waals surface area (Å²) in [4.78, 5) is 14.6. The Hall–Kier alpha value is -2.13. The molecule has 0 bridgehead atoms. The summed E-state index contributed by atoms with van der Waals surface area (Å²) in [5.74, 6) is 0.0634. The Labute approximate surface area is 132 Å². The molecule has 1 unspecified atom stereocenters. The number of anilines is 1. The summed E-state index contributed by atoms with van der Waals surface area (Å²) < 4.78 is 0. The molecule has 22 heavy (non-hydrogen) atoms. The van der Waals surface area contributed by atoms with Crippen molar-refractivity contribution in [1.29, 1.82) is 0 Å². The van der Waals surface area contributed by atoms with Crippen LogP contribution in [-0.4, -0.2) is 23.9 Å². The molecule has 0 aliphatic carbocycles. The van der Waals surface area contributed by atoms with Gasteiger partial charge in [-0.2, -0.15) is 0 Å². The fourth-order valence-electron chi connectivity index (χ4n) is 3.18. The molecule has 2 aromatic rings. The topological polar surface area (TPSA) is 32.3 Å². The van der Waals surface area contributed by atoms with E-state index in [-0.39, 0.29) is 5.91 Å². The van der Waals surface area contributed by atoms with Gasteiger partial charge in [0.05, 0.1) is 6.54 Å². The zero-order chi connectivity index (χ0) is 15.4. The predicted octanol–water partition coefficient (Wildman–Crippen LogP) is 3.77. The first kappa shape index (κ1) is 14.8. The zero-order valence-electron chi connectivity index (χ0n) is 13.0. The van der Waals surface area contributed by atoms with Crippen molar-refractivity contribution in [3.8, 4) is 0 Å². The van der Waals surface area contributed by atoms with Crippen LogP contribution < -0.4 is 5.32 Å². The number of carbonyl (C=O) groups excluding carboxylic acids is 1. The maximum absolute atomic E-state index is 12.3. The van der Waals surface area contributed by atoms with Gasteiger partial charge < -0.3 is 5.32 Å². The van der Waals surface area contributed by atoms with E-state index in [1.807, 2.05) is 37.3 Å². The van der Waals surface area contributed by atoms with Gasteiger partial charge in [-0.15, -0.1) is 0 Å². The lowest BCUT2D eigenvalue weighted by Crippen LogP contribution is -2.32. The first-order chi connectivity index (χ1) is 10.7. The van der Waals surface area contributed by atoms with Crippen LogP contribution in [0, 0.1) is 6.92 Å². The molecule has 0 spiro atoms. The summed E-state index contributed by atoms with van der Waals surface area (Å²) in [6.07, 6.45) is 2.28. The van der Waals surface area contributed by atoms with Crippen LogP contribution in [-0.2, 0) is 4.79 Å². The lowest BCUT2D eigenvalue weighted by molar-refractivity contribution is -0.117. The standard InChI is InChI=1S/C19H22N2O/c1-15-7-5-10-17(13-15)20-19(22)14-21-12-6-11-18(21)16-8-3-2-4-9-16/h2-5,7-10,13,18H,6,11-12,14H2,1H3,(H,20,22). The van der Waals surface area contributed by atoms with Gasteiger partial charge in [0.2, 0.25) is 5.91 Å². The van der Waals surface area contributed by atoms with Crippen LogP contribution in [0.15, 0.2) is 54.6 Å². The Morgan fingerprint density at radius 2 is 2.00 bits per heavy atom. The van der Waals surface area contributed by atoms with Crippen LogP contribution in [0.4, 0.5) is 5.69 Å². The van der Waals surface area contributed by atoms with Crippen LogP contribution in [0.3, 0.4) is 0 Å². The molecule has 1 fully saturated rings. The fourth-order valence-corrected chi connectivity index (χ4v) is 3.18. The van der Waals surface area contributed by atoms with Crippen molar-refractivity contribution in [3.63, 3.8) is 0 Å². The molecule has 1 saturated heterocycles. The second-order valence-corrected chi connectivity index (χ2v) is 5.96. The van der Waals surface area contributed by atoms with Gasteiger partial charge >= 0.3 is 0 Å². The van der Waals surface area contributed by atoms with Crippen LogP contribution in [0.5, 0.6) is 0 Å². The Kier molecular flexibility index (Phi) is 4.54. The Bertz CT molecular complexity index is 639. The van der Waals surface area contributed by atoms with Crippen molar-refractivity contribution in [1.82, 2.24) is 4.90 Å². The number of rotatable bonds is 4. The monoisotopic (exact) mass is 294 g/mol. The summed E-state index contributed by atoms with van der Waals surface area (Å²) in [5.41, 5.74) is 3.34. The molecule has 1 aliphatic heterocycles. The molecule has 3 rings (SSSR count). The third-order valence-electron chi connectivity index (χ3n) is 4.20. The molecule has 3 heteroatoms. The molecular formula is C19H22N2O. The molecule has 114 valence electrons. The lowest BCUT2D eigenvalue weighted by Gasteiger charge is -2.24. The van der Waals surface area contributed by atoms with E-state index in [1.54, 1.807) is 0 Å². The molecule has 1 amide bonds. The van der Waals surface area contributed by atoms with Gasteiger partial charge in [-0.05, 0) is 49.6 Å². The van der Waals surface area contributed by atoms with Crippen molar-refractivity contribution in [2.45, 2.75) is 25.8 Å². The molecule has 3 nitrogen and oxygen atoms in total. The number of amides is 1. The number of likely N-dealkylation sites (tertiary alicyclic amines) is 1. The number of nitrogens with zero attached hydrogens (tertiary/aromatic N) is 1. The molecule has 0 aromatic heterocycles. The second kappa shape index (κ2) is 6.75. The second-order valence-electron chi connectivity index (χ2n) is 5.96. The van der Waals surface area contributed by atoms with E-state index in [0.29, 0.717) is 12.6 Å². The highest BCUT2D eigenvalue weighted by Gasteiger charge is 2.27. The first-order valence-electron chi connectivity index (χ1n) is 7.88. The highest BCUT2D eigenvalue weighted by atomic mass is 16.2. The summed E-state index contributed by atoms with van der Waals surface area (Å²) in [6.45, 7) is 3.47. The van der Waals surface area contributed by atoms with E-state index in [1.165, 1.54) is 5.56 Å².